The summed E-state index contributed by atoms with van der Waals surface area (Å²) in [5, 5.41) is 0.707. The van der Waals surface area contributed by atoms with E-state index < -0.39 is 0 Å². The zero-order valence-corrected chi connectivity index (χ0v) is 12.1. The molecule has 1 amide bonds. The standard InChI is InChI=1S/C14H18ClNOS/c1-11(14(17)16-9-3-2-4-10-16)18-13-7-5-12(15)6-8-13/h5-8,11H,2-4,9-10H2,1H3/t11-/m1/s1. The molecule has 0 N–H and O–H groups in total. The van der Waals surface area contributed by atoms with E-state index >= 15 is 0 Å². The molecule has 2 nitrogen and oxygen atoms in total. The summed E-state index contributed by atoms with van der Waals surface area (Å²) in [7, 11) is 0. The van der Waals surface area contributed by atoms with Gasteiger partial charge in [0, 0.05) is 23.0 Å². The molecular formula is C14H18ClNOS. The number of amides is 1. The van der Waals surface area contributed by atoms with Crippen molar-refractivity contribution in [2.24, 2.45) is 0 Å². The second kappa shape index (κ2) is 6.48. The highest BCUT2D eigenvalue weighted by Gasteiger charge is 2.22. The van der Waals surface area contributed by atoms with Crippen molar-refractivity contribution in [3.63, 3.8) is 0 Å². The molecule has 98 valence electrons. The Morgan fingerprint density at radius 3 is 2.44 bits per heavy atom. The van der Waals surface area contributed by atoms with Gasteiger partial charge in [0.2, 0.25) is 5.91 Å². The van der Waals surface area contributed by atoms with Crippen LogP contribution in [-0.4, -0.2) is 29.1 Å². The molecule has 0 radical (unpaired) electrons. The van der Waals surface area contributed by atoms with E-state index in [0.29, 0.717) is 0 Å². The monoisotopic (exact) mass is 283 g/mol. The molecule has 0 saturated carbocycles. The third kappa shape index (κ3) is 3.66. The van der Waals surface area contributed by atoms with Crippen LogP contribution in [0.15, 0.2) is 29.2 Å². The van der Waals surface area contributed by atoms with Crippen molar-refractivity contribution < 1.29 is 4.79 Å². The van der Waals surface area contributed by atoms with Gasteiger partial charge in [0.25, 0.3) is 0 Å². The van der Waals surface area contributed by atoms with Crippen LogP contribution in [0.1, 0.15) is 26.2 Å². The minimum Gasteiger partial charge on any atom is -0.342 e. The average molecular weight is 284 g/mol. The van der Waals surface area contributed by atoms with Crippen LogP contribution in [0.2, 0.25) is 5.02 Å². The highest BCUT2D eigenvalue weighted by molar-refractivity contribution is 8.00. The molecule has 0 aromatic heterocycles. The zero-order valence-electron chi connectivity index (χ0n) is 10.6. The Bertz CT molecular complexity index is 401. The molecular weight excluding hydrogens is 266 g/mol. The lowest BCUT2D eigenvalue weighted by atomic mass is 10.1. The number of nitrogens with zero attached hydrogens (tertiary/aromatic N) is 1. The Morgan fingerprint density at radius 2 is 1.83 bits per heavy atom. The fourth-order valence-corrected chi connectivity index (χ4v) is 3.22. The normalized spacial score (nSPS) is 17.6. The molecule has 2 rings (SSSR count). The zero-order chi connectivity index (χ0) is 13.0. The summed E-state index contributed by atoms with van der Waals surface area (Å²) in [6.07, 6.45) is 3.54. The Labute approximate surface area is 118 Å². The van der Waals surface area contributed by atoms with Crippen LogP contribution in [0.25, 0.3) is 0 Å². The fraction of sp³-hybridized carbons (Fsp3) is 0.500. The second-order valence-corrected chi connectivity index (χ2v) is 6.45. The average Bonchev–Trinajstić information content (AvgIpc) is 2.41. The van der Waals surface area contributed by atoms with Gasteiger partial charge in [-0.1, -0.05) is 11.6 Å². The van der Waals surface area contributed by atoms with E-state index in [-0.39, 0.29) is 11.2 Å². The lowest BCUT2D eigenvalue weighted by Crippen LogP contribution is -2.40. The Hall–Kier alpha value is -0.670. The van der Waals surface area contributed by atoms with E-state index in [2.05, 4.69) is 0 Å². The van der Waals surface area contributed by atoms with Gasteiger partial charge < -0.3 is 4.90 Å². The minimum absolute atomic E-state index is 0.0238. The van der Waals surface area contributed by atoms with Gasteiger partial charge in [-0.15, -0.1) is 11.8 Å². The van der Waals surface area contributed by atoms with Gasteiger partial charge in [-0.25, -0.2) is 0 Å². The Morgan fingerprint density at radius 1 is 1.22 bits per heavy atom. The first-order chi connectivity index (χ1) is 8.66. The number of hydrogen-bond donors (Lipinski definition) is 0. The number of thioether (sulfide) groups is 1. The maximum absolute atomic E-state index is 12.2. The number of carbonyl (C=O) groups excluding carboxylic acids is 1. The molecule has 0 unspecified atom stereocenters. The van der Waals surface area contributed by atoms with Crippen molar-refractivity contribution in [1.29, 1.82) is 0 Å². The molecule has 0 spiro atoms. The van der Waals surface area contributed by atoms with Crippen LogP contribution in [0.3, 0.4) is 0 Å². The van der Waals surface area contributed by atoms with E-state index in [0.717, 1.165) is 35.8 Å². The first-order valence-electron chi connectivity index (χ1n) is 6.38. The molecule has 1 aromatic carbocycles. The van der Waals surface area contributed by atoms with Gasteiger partial charge in [-0.3, -0.25) is 4.79 Å². The van der Waals surface area contributed by atoms with Crippen LogP contribution in [0, 0.1) is 0 Å². The third-order valence-corrected chi connectivity index (χ3v) is 4.49. The van der Waals surface area contributed by atoms with E-state index in [9.17, 15) is 4.79 Å². The van der Waals surface area contributed by atoms with Gasteiger partial charge in [-0.05, 0) is 50.5 Å². The number of carbonyl (C=O) groups is 1. The first-order valence-corrected chi connectivity index (χ1v) is 7.63. The van der Waals surface area contributed by atoms with Crippen molar-refractivity contribution in [3.8, 4) is 0 Å². The summed E-state index contributed by atoms with van der Waals surface area (Å²) in [4.78, 5) is 15.3. The first kappa shape index (κ1) is 13.8. The number of piperidine rings is 1. The maximum atomic E-state index is 12.2. The Balaban J connectivity index is 1.92. The van der Waals surface area contributed by atoms with Crippen molar-refractivity contribution in [1.82, 2.24) is 4.90 Å². The molecule has 0 bridgehead atoms. The van der Waals surface area contributed by atoms with Crippen molar-refractivity contribution in [3.05, 3.63) is 29.3 Å². The summed E-state index contributed by atoms with van der Waals surface area (Å²) in [5.74, 6) is 0.259. The maximum Gasteiger partial charge on any atom is 0.235 e. The van der Waals surface area contributed by atoms with Gasteiger partial charge in [0.15, 0.2) is 0 Å². The quantitative estimate of drug-likeness (QED) is 0.786. The molecule has 1 aliphatic rings. The van der Waals surface area contributed by atoms with Crippen LogP contribution in [0.4, 0.5) is 0 Å². The number of rotatable bonds is 3. The third-order valence-electron chi connectivity index (χ3n) is 3.14. The SMILES string of the molecule is C[C@@H](Sc1ccc(Cl)cc1)C(=O)N1CCCCC1. The predicted molar refractivity (Wildman–Crippen MR) is 77.2 cm³/mol. The van der Waals surface area contributed by atoms with Crippen molar-refractivity contribution >= 4 is 29.3 Å². The summed E-state index contributed by atoms with van der Waals surface area (Å²) in [6.45, 7) is 3.82. The molecule has 1 heterocycles. The largest absolute Gasteiger partial charge is 0.342 e. The van der Waals surface area contributed by atoms with Crippen LogP contribution < -0.4 is 0 Å². The van der Waals surface area contributed by atoms with Crippen molar-refractivity contribution in [2.75, 3.05) is 13.1 Å². The lowest BCUT2D eigenvalue weighted by Gasteiger charge is -2.29. The topological polar surface area (TPSA) is 20.3 Å². The smallest absolute Gasteiger partial charge is 0.235 e. The van der Waals surface area contributed by atoms with Crippen LogP contribution in [0.5, 0.6) is 0 Å². The summed E-state index contributed by atoms with van der Waals surface area (Å²) in [5.41, 5.74) is 0. The molecule has 1 fully saturated rings. The van der Waals surface area contributed by atoms with Crippen LogP contribution >= 0.6 is 23.4 Å². The molecule has 18 heavy (non-hydrogen) atoms. The van der Waals surface area contributed by atoms with Gasteiger partial charge in [0.05, 0.1) is 5.25 Å². The molecule has 4 heteroatoms. The molecule has 1 saturated heterocycles. The summed E-state index contributed by atoms with van der Waals surface area (Å²) < 4.78 is 0. The van der Waals surface area contributed by atoms with Crippen LogP contribution in [-0.2, 0) is 4.79 Å². The second-order valence-electron chi connectivity index (χ2n) is 4.60. The van der Waals surface area contributed by atoms with Gasteiger partial charge >= 0.3 is 0 Å². The fourth-order valence-electron chi connectivity index (χ4n) is 2.14. The summed E-state index contributed by atoms with van der Waals surface area (Å²) >= 11 is 7.45. The molecule has 1 aliphatic heterocycles. The van der Waals surface area contributed by atoms with Gasteiger partial charge in [0.1, 0.15) is 0 Å². The highest BCUT2D eigenvalue weighted by atomic mass is 35.5. The van der Waals surface area contributed by atoms with E-state index in [4.69, 9.17) is 11.6 Å². The number of likely N-dealkylation sites (tertiary alicyclic amines) is 1. The van der Waals surface area contributed by atoms with E-state index in [1.165, 1.54) is 6.42 Å². The number of benzene rings is 1. The number of halogens is 1. The minimum atomic E-state index is -0.0238. The Kier molecular flexibility index (Phi) is 4.95. The predicted octanol–water partition coefficient (Wildman–Crippen LogP) is 3.83. The van der Waals surface area contributed by atoms with E-state index in [1.807, 2.05) is 36.1 Å². The molecule has 1 atom stereocenters. The number of hydrogen-bond acceptors (Lipinski definition) is 2. The van der Waals surface area contributed by atoms with Gasteiger partial charge in [-0.2, -0.15) is 0 Å². The van der Waals surface area contributed by atoms with Crippen molar-refractivity contribution in [2.45, 2.75) is 36.3 Å². The molecule has 1 aromatic rings. The highest BCUT2D eigenvalue weighted by Crippen LogP contribution is 2.26. The lowest BCUT2D eigenvalue weighted by molar-refractivity contribution is -0.131. The van der Waals surface area contributed by atoms with E-state index in [1.54, 1.807) is 11.8 Å². The molecule has 0 aliphatic carbocycles. The summed E-state index contributed by atoms with van der Waals surface area (Å²) in [6, 6.07) is 7.66.